The molecule has 2 aromatic rings. The third-order valence-corrected chi connectivity index (χ3v) is 2.09. The number of nitriles is 1. The van der Waals surface area contributed by atoms with E-state index in [9.17, 15) is 4.39 Å². The van der Waals surface area contributed by atoms with Gasteiger partial charge in [0.1, 0.15) is 17.6 Å². The largest absolute Gasteiger partial charge is 0.237 e. The van der Waals surface area contributed by atoms with Gasteiger partial charge < -0.3 is 0 Å². The Hall–Kier alpha value is -1.95. The van der Waals surface area contributed by atoms with Crippen LogP contribution in [0.15, 0.2) is 24.3 Å². The average molecular weight is 186 g/mol. The lowest BCUT2D eigenvalue weighted by molar-refractivity contribution is 0.629. The fourth-order valence-electron chi connectivity index (χ4n) is 1.42. The van der Waals surface area contributed by atoms with Crippen LogP contribution in [0.5, 0.6) is 0 Å². The lowest BCUT2D eigenvalue weighted by Gasteiger charge is -2.01. The van der Waals surface area contributed by atoms with Gasteiger partial charge in [0.2, 0.25) is 0 Å². The molecule has 1 aromatic carbocycles. The molecular formula is C11H7FN2. The Morgan fingerprint density at radius 3 is 2.86 bits per heavy atom. The van der Waals surface area contributed by atoms with Crippen LogP contribution in [0, 0.1) is 24.1 Å². The number of hydrogen-bond acceptors (Lipinski definition) is 2. The lowest BCUT2D eigenvalue weighted by Crippen LogP contribution is -1.88. The SMILES string of the molecule is Cc1cc(C#N)nc2ccc(F)cc12. The average Bonchev–Trinajstić information content (AvgIpc) is 2.19. The topological polar surface area (TPSA) is 36.7 Å². The number of halogens is 1. The summed E-state index contributed by atoms with van der Waals surface area (Å²) in [6, 6.07) is 7.98. The van der Waals surface area contributed by atoms with Gasteiger partial charge in [-0.1, -0.05) is 0 Å². The Labute approximate surface area is 80.6 Å². The van der Waals surface area contributed by atoms with E-state index in [1.165, 1.54) is 12.1 Å². The summed E-state index contributed by atoms with van der Waals surface area (Å²) in [5, 5.41) is 9.44. The minimum Gasteiger partial charge on any atom is -0.237 e. The highest BCUT2D eigenvalue weighted by molar-refractivity contribution is 5.82. The van der Waals surface area contributed by atoms with Crippen LogP contribution in [-0.2, 0) is 0 Å². The highest BCUT2D eigenvalue weighted by Crippen LogP contribution is 2.18. The molecule has 0 amide bonds. The molecule has 0 unspecified atom stereocenters. The molecule has 0 fully saturated rings. The number of benzene rings is 1. The molecule has 0 saturated carbocycles. The van der Waals surface area contributed by atoms with Crippen LogP contribution in [-0.4, -0.2) is 4.98 Å². The normalized spacial score (nSPS) is 10.1. The summed E-state index contributed by atoms with van der Waals surface area (Å²) >= 11 is 0. The van der Waals surface area contributed by atoms with Gasteiger partial charge in [-0.3, -0.25) is 0 Å². The molecule has 68 valence electrons. The molecule has 0 aliphatic heterocycles. The molecule has 1 aromatic heterocycles. The molecule has 0 atom stereocenters. The van der Waals surface area contributed by atoms with Crippen molar-refractivity contribution in [2.24, 2.45) is 0 Å². The summed E-state index contributed by atoms with van der Waals surface area (Å²) in [5.41, 5.74) is 1.88. The van der Waals surface area contributed by atoms with Crippen molar-refractivity contribution in [2.45, 2.75) is 6.92 Å². The molecule has 0 aliphatic rings. The van der Waals surface area contributed by atoms with E-state index in [0.29, 0.717) is 11.2 Å². The van der Waals surface area contributed by atoms with Gasteiger partial charge in [-0.05, 0) is 36.8 Å². The summed E-state index contributed by atoms with van der Waals surface area (Å²) in [6.07, 6.45) is 0. The van der Waals surface area contributed by atoms with E-state index >= 15 is 0 Å². The van der Waals surface area contributed by atoms with Crippen molar-refractivity contribution in [2.75, 3.05) is 0 Å². The number of fused-ring (bicyclic) bond motifs is 1. The van der Waals surface area contributed by atoms with Crippen molar-refractivity contribution in [1.82, 2.24) is 4.98 Å². The van der Waals surface area contributed by atoms with E-state index in [1.807, 2.05) is 13.0 Å². The first-order chi connectivity index (χ1) is 6.70. The van der Waals surface area contributed by atoms with Gasteiger partial charge >= 0.3 is 0 Å². The van der Waals surface area contributed by atoms with Gasteiger partial charge in [-0.2, -0.15) is 5.26 Å². The number of aromatic nitrogens is 1. The zero-order chi connectivity index (χ0) is 10.1. The minimum atomic E-state index is -0.285. The Morgan fingerprint density at radius 1 is 1.36 bits per heavy atom. The van der Waals surface area contributed by atoms with Crippen molar-refractivity contribution >= 4 is 10.9 Å². The molecule has 0 N–H and O–H groups in total. The van der Waals surface area contributed by atoms with Gasteiger partial charge in [-0.15, -0.1) is 0 Å². The molecule has 0 radical (unpaired) electrons. The summed E-state index contributed by atoms with van der Waals surface area (Å²) in [4.78, 5) is 4.07. The number of aryl methyl sites for hydroxylation is 1. The molecule has 1 heterocycles. The smallest absolute Gasteiger partial charge is 0.141 e. The maximum atomic E-state index is 12.9. The zero-order valence-electron chi connectivity index (χ0n) is 7.58. The summed E-state index contributed by atoms with van der Waals surface area (Å²) in [5.74, 6) is -0.285. The summed E-state index contributed by atoms with van der Waals surface area (Å²) in [6.45, 7) is 1.84. The molecule has 14 heavy (non-hydrogen) atoms. The second kappa shape index (κ2) is 3.08. The lowest BCUT2D eigenvalue weighted by atomic mass is 10.1. The van der Waals surface area contributed by atoms with Crippen LogP contribution in [0.3, 0.4) is 0 Å². The first-order valence-electron chi connectivity index (χ1n) is 4.18. The first kappa shape index (κ1) is 8.64. The van der Waals surface area contributed by atoms with Crippen LogP contribution >= 0.6 is 0 Å². The fraction of sp³-hybridized carbons (Fsp3) is 0.0909. The van der Waals surface area contributed by atoms with Crippen LogP contribution in [0.4, 0.5) is 4.39 Å². The van der Waals surface area contributed by atoms with E-state index in [1.54, 1.807) is 12.1 Å². The number of rotatable bonds is 0. The highest BCUT2D eigenvalue weighted by atomic mass is 19.1. The van der Waals surface area contributed by atoms with Gasteiger partial charge in [0.05, 0.1) is 5.52 Å². The maximum Gasteiger partial charge on any atom is 0.141 e. The van der Waals surface area contributed by atoms with E-state index in [0.717, 1.165) is 10.9 Å². The van der Waals surface area contributed by atoms with Crippen LogP contribution in [0.2, 0.25) is 0 Å². The predicted octanol–water partition coefficient (Wildman–Crippen LogP) is 2.55. The maximum absolute atomic E-state index is 12.9. The highest BCUT2D eigenvalue weighted by Gasteiger charge is 2.02. The molecule has 3 heteroatoms. The molecule has 2 nitrogen and oxygen atoms in total. The second-order valence-electron chi connectivity index (χ2n) is 3.10. The van der Waals surface area contributed by atoms with Crippen LogP contribution < -0.4 is 0 Å². The molecule has 0 aliphatic carbocycles. The van der Waals surface area contributed by atoms with E-state index in [4.69, 9.17) is 5.26 Å². The van der Waals surface area contributed by atoms with Crippen molar-refractivity contribution in [3.63, 3.8) is 0 Å². The number of hydrogen-bond donors (Lipinski definition) is 0. The molecule has 0 spiro atoms. The van der Waals surface area contributed by atoms with Crippen molar-refractivity contribution in [3.05, 3.63) is 41.3 Å². The third-order valence-electron chi connectivity index (χ3n) is 2.09. The summed E-state index contributed by atoms with van der Waals surface area (Å²) < 4.78 is 12.9. The Morgan fingerprint density at radius 2 is 2.14 bits per heavy atom. The number of nitrogens with zero attached hydrogens (tertiary/aromatic N) is 2. The Bertz CT molecular complexity index is 541. The quantitative estimate of drug-likeness (QED) is 0.634. The Kier molecular flexibility index (Phi) is 1.90. The standard InChI is InChI=1S/C11H7FN2/c1-7-4-9(6-13)14-11-3-2-8(12)5-10(7)11/h2-5H,1H3. The Balaban J connectivity index is 2.84. The van der Waals surface area contributed by atoms with E-state index < -0.39 is 0 Å². The fourth-order valence-corrected chi connectivity index (χ4v) is 1.42. The van der Waals surface area contributed by atoms with Crippen molar-refractivity contribution in [3.8, 4) is 6.07 Å². The van der Waals surface area contributed by atoms with Crippen LogP contribution in [0.25, 0.3) is 10.9 Å². The van der Waals surface area contributed by atoms with Crippen molar-refractivity contribution in [1.29, 1.82) is 5.26 Å². The monoisotopic (exact) mass is 186 g/mol. The van der Waals surface area contributed by atoms with Gasteiger partial charge in [0.25, 0.3) is 0 Å². The van der Waals surface area contributed by atoms with Crippen LogP contribution in [0.1, 0.15) is 11.3 Å². The molecule has 0 saturated heterocycles. The van der Waals surface area contributed by atoms with Crippen molar-refractivity contribution < 1.29 is 4.39 Å². The second-order valence-corrected chi connectivity index (χ2v) is 3.10. The predicted molar refractivity (Wildman–Crippen MR) is 51.2 cm³/mol. The van der Waals surface area contributed by atoms with Gasteiger partial charge in [-0.25, -0.2) is 9.37 Å². The summed E-state index contributed by atoms with van der Waals surface area (Å²) in [7, 11) is 0. The molecule has 0 bridgehead atoms. The first-order valence-corrected chi connectivity index (χ1v) is 4.18. The van der Waals surface area contributed by atoms with E-state index in [-0.39, 0.29) is 5.82 Å². The third kappa shape index (κ3) is 1.31. The molecular weight excluding hydrogens is 179 g/mol. The molecule has 2 rings (SSSR count). The number of pyridine rings is 1. The minimum absolute atomic E-state index is 0.285. The van der Waals surface area contributed by atoms with Gasteiger partial charge in [0, 0.05) is 5.39 Å². The van der Waals surface area contributed by atoms with E-state index in [2.05, 4.69) is 4.98 Å². The van der Waals surface area contributed by atoms with Gasteiger partial charge in [0.15, 0.2) is 0 Å². The zero-order valence-corrected chi connectivity index (χ0v) is 7.58.